The number of phosphoric ester groups is 2. The summed E-state index contributed by atoms with van der Waals surface area (Å²) < 4.78 is 68.7. The molecule has 0 amide bonds. The molecule has 3 unspecified atom stereocenters. The molecule has 6 atom stereocenters. The van der Waals surface area contributed by atoms with E-state index in [0.717, 1.165) is 108 Å². The maximum Gasteiger partial charge on any atom is 0.472 e. The fraction of sp³-hybridized carbons (Fsp3) is 0.954. The Kier molecular flexibility index (Phi) is 76.9. The maximum absolute atomic E-state index is 13.1. The normalized spacial score (nSPS) is 14.1. The first-order valence-electron chi connectivity index (χ1n) is 45.0. The minimum absolute atomic E-state index is 0.107. The summed E-state index contributed by atoms with van der Waals surface area (Å²) in [6.45, 7) is 9.66. The first-order valence-corrected chi connectivity index (χ1v) is 48.0. The smallest absolute Gasteiger partial charge is 0.462 e. The number of phosphoric acid groups is 2. The van der Waals surface area contributed by atoms with Crippen molar-refractivity contribution in [3.8, 4) is 0 Å². The van der Waals surface area contributed by atoms with Gasteiger partial charge in [-0.05, 0) is 37.5 Å². The molecule has 0 radical (unpaired) electrons. The lowest BCUT2D eigenvalue weighted by atomic mass is 9.99. The van der Waals surface area contributed by atoms with Gasteiger partial charge in [0.25, 0.3) is 0 Å². The summed E-state index contributed by atoms with van der Waals surface area (Å²) in [5, 5.41) is 10.6. The second-order valence-corrected chi connectivity index (χ2v) is 34.9. The molecule has 0 aromatic heterocycles. The fourth-order valence-electron chi connectivity index (χ4n) is 13.6. The van der Waals surface area contributed by atoms with Gasteiger partial charge < -0.3 is 33.8 Å². The molecular formula is C87H170O17P2. The Balaban J connectivity index is 5.09. The Labute approximate surface area is 651 Å². The molecule has 630 valence electrons. The van der Waals surface area contributed by atoms with E-state index in [2.05, 4.69) is 41.5 Å². The van der Waals surface area contributed by atoms with Crippen molar-refractivity contribution in [3.63, 3.8) is 0 Å². The Morgan fingerprint density at radius 1 is 0.274 bits per heavy atom. The van der Waals surface area contributed by atoms with E-state index >= 15 is 0 Å². The second-order valence-electron chi connectivity index (χ2n) is 32.0. The van der Waals surface area contributed by atoms with E-state index in [0.29, 0.717) is 25.7 Å². The van der Waals surface area contributed by atoms with Crippen molar-refractivity contribution in [1.82, 2.24) is 0 Å². The standard InChI is InChI=1S/C87H170O17P2/c1-7-10-12-14-15-16-17-18-19-20-21-22-23-24-28-31-37-42-47-52-58-64-70-85(90)98-76-83(104-87(92)72-66-59-53-48-43-38-32-29-26-25-27-30-36-41-46-51-57-62-68-80(6)9-3)78-102-106(95,96)100-74-81(88)73-99-105(93,94)101-77-82(75-97-84(89)69-63-55-13-11-8-2)103-86(91)71-65-60-54-49-44-39-34-33-35-40-45-50-56-61-67-79(4)5/h79-83,88H,7-78H2,1-6H3,(H,93,94)(H,95,96)/t80?,81-,82+,83+/m0/s1. The summed E-state index contributed by atoms with van der Waals surface area (Å²) in [7, 11) is -9.92. The quantitative estimate of drug-likeness (QED) is 0.0222. The Morgan fingerprint density at radius 3 is 0.717 bits per heavy atom. The first-order chi connectivity index (χ1) is 51.4. The van der Waals surface area contributed by atoms with Gasteiger partial charge in [0.05, 0.1) is 26.4 Å². The Hall–Kier alpha value is -1.94. The van der Waals surface area contributed by atoms with Crippen LogP contribution in [-0.4, -0.2) is 96.7 Å². The summed E-state index contributed by atoms with van der Waals surface area (Å²) in [5.74, 6) is -0.448. The molecule has 19 heteroatoms. The van der Waals surface area contributed by atoms with E-state index in [-0.39, 0.29) is 25.7 Å². The van der Waals surface area contributed by atoms with Crippen LogP contribution in [0.5, 0.6) is 0 Å². The number of rotatable bonds is 86. The van der Waals surface area contributed by atoms with Gasteiger partial charge in [0.15, 0.2) is 12.2 Å². The van der Waals surface area contributed by atoms with Crippen molar-refractivity contribution in [3.05, 3.63) is 0 Å². The van der Waals surface area contributed by atoms with Crippen LogP contribution >= 0.6 is 15.6 Å². The molecule has 106 heavy (non-hydrogen) atoms. The minimum Gasteiger partial charge on any atom is -0.462 e. The zero-order valence-electron chi connectivity index (χ0n) is 69.7. The molecule has 0 rings (SSSR count). The van der Waals surface area contributed by atoms with Crippen LogP contribution in [-0.2, 0) is 65.4 Å². The molecule has 0 heterocycles. The Morgan fingerprint density at radius 2 is 0.481 bits per heavy atom. The maximum atomic E-state index is 13.1. The van der Waals surface area contributed by atoms with Gasteiger partial charge in [-0.2, -0.15) is 0 Å². The van der Waals surface area contributed by atoms with Gasteiger partial charge in [0, 0.05) is 25.7 Å². The van der Waals surface area contributed by atoms with Crippen molar-refractivity contribution < 1.29 is 80.2 Å². The van der Waals surface area contributed by atoms with Gasteiger partial charge >= 0.3 is 39.5 Å². The van der Waals surface area contributed by atoms with Crippen LogP contribution < -0.4 is 0 Å². The number of hydrogen-bond acceptors (Lipinski definition) is 15. The van der Waals surface area contributed by atoms with Gasteiger partial charge in [-0.1, -0.05) is 414 Å². The van der Waals surface area contributed by atoms with E-state index in [1.807, 2.05) is 0 Å². The van der Waals surface area contributed by atoms with Crippen molar-refractivity contribution in [2.24, 2.45) is 11.8 Å². The molecule has 0 bridgehead atoms. The van der Waals surface area contributed by atoms with Crippen LogP contribution in [0.25, 0.3) is 0 Å². The number of hydrogen-bond donors (Lipinski definition) is 3. The van der Waals surface area contributed by atoms with Gasteiger partial charge in [-0.3, -0.25) is 37.3 Å². The van der Waals surface area contributed by atoms with Crippen LogP contribution in [0.2, 0.25) is 0 Å². The lowest BCUT2D eigenvalue weighted by Crippen LogP contribution is -2.30. The zero-order valence-corrected chi connectivity index (χ0v) is 71.5. The van der Waals surface area contributed by atoms with Crippen molar-refractivity contribution in [1.29, 1.82) is 0 Å². The van der Waals surface area contributed by atoms with Gasteiger partial charge in [0.1, 0.15) is 19.3 Å². The van der Waals surface area contributed by atoms with Crippen molar-refractivity contribution >= 4 is 39.5 Å². The molecular weight excluding hydrogens is 1380 g/mol. The average molecular weight is 1550 g/mol. The number of aliphatic hydroxyl groups is 1. The SMILES string of the molecule is CCCCCCCCCCCCCCCCCCCCCCCCC(=O)OC[C@H](COP(=O)(O)OC[C@@H](O)COP(=O)(O)OC[C@@H](COC(=O)CCCCCCC)OC(=O)CCCCCCCCCCCCCCCCC(C)C)OC(=O)CCCCCCCCCCCCCCCCCCCCC(C)CC. The third-order valence-corrected chi connectivity index (χ3v) is 22.7. The molecule has 0 fully saturated rings. The number of carbonyl (C=O) groups is 4. The van der Waals surface area contributed by atoms with Crippen LogP contribution in [0.3, 0.4) is 0 Å². The predicted octanol–water partition coefficient (Wildman–Crippen LogP) is 26.6. The molecule has 0 aromatic rings. The summed E-state index contributed by atoms with van der Waals surface area (Å²) in [6.07, 6.45) is 71.4. The second kappa shape index (κ2) is 78.3. The van der Waals surface area contributed by atoms with Crippen LogP contribution in [0.1, 0.15) is 465 Å². The molecule has 0 aliphatic rings. The molecule has 0 aromatic carbocycles. The van der Waals surface area contributed by atoms with Gasteiger partial charge in [-0.15, -0.1) is 0 Å². The molecule has 0 saturated carbocycles. The summed E-state index contributed by atoms with van der Waals surface area (Å²) in [5.41, 5.74) is 0. The van der Waals surface area contributed by atoms with Crippen molar-refractivity contribution in [2.75, 3.05) is 39.6 Å². The lowest BCUT2D eigenvalue weighted by Gasteiger charge is -2.21. The van der Waals surface area contributed by atoms with E-state index in [4.69, 9.17) is 37.0 Å². The topological polar surface area (TPSA) is 237 Å². The highest BCUT2D eigenvalue weighted by Crippen LogP contribution is 2.45. The largest absolute Gasteiger partial charge is 0.472 e. The van der Waals surface area contributed by atoms with E-state index < -0.39 is 97.5 Å². The molecule has 0 spiro atoms. The lowest BCUT2D eigenvalue weighted by molar-refractivity contribution is -0.161. The molecule has 17 nitrogen and oxygen atoms in total. The highest BCUT2D eigenvalue weighted by Gasteiger charge is 2.30. The Bertz CT molecular complexity index is 2030. The number of unbranched alkanes of at least 4 members (excludes halogenated alkanes) is 55. The number of ether oxygens (including phenoxy) is 4. The van der Waals surface area contributed by atoms with Crippen LogP contribution in [0, 0.1) is 11.8 Å². The highest BCUT2D eigenvalue weighted by molar-refractivity contribution is 7.47. The number of carbonyl (C=O) groups excluding carboxylic acids is 4. The van der Waals surface area contributed by atoms with Crippen LogP contribution in [0.15, 0.2) is 0 Å². The van der Waals surface area contributed by atoms with E-state index in [9.17, 15) is 43.2 Å². The predicted molar refractivity (Wildman–Crippen MR) is 437 cm³/mol. The third-order valence-electron chi connectivity index (χ3n) is 20.8. The highest BCUT2D eigenvalue weighted by atomic mass is 31.2. The molecule has 0 saturated heterocycles. The number of aliphatic hydroxyl groups excluding tert-OH is 1. The fourth-order valence-corrected chi connectivity index (χ4v) is 15.1. The molecule has 3 N–H and O–H groups in total. The molecule has 0 aliphatic carbocycles. The van der Waals surface area contributed by atoms with Crippen LogP contribution in [0.4, 0.5) is 0 Å². The van der Waals surface area contributed by atoms with Crippen molar-refractivity contribution in [2.45, 2.75) is 484 Å². The molecule has 0 aliphatic heterocycles. The summed E-state index contributed by atoms with van der Waals surface area (Å²) >= 11 is 0. The minimum atomic E-state index is -4.96. The summed E-state index contributed by atoms with van der Waals surface area (Å²) in [6, 6.07) is 0. The first kappa shape index (κ1) is 104. The number of esters is 4. The third kappa shape index (κ3) is 78.7. The average Bonchev–Trinajstić information content (AvgIpc) is 0.900. The monoisotopic (exact) mass is 1550 g/mol. The van der Waals surface area contributed by atoms with E-state index in [1.165, 1.54) is 276 Å². The summed E-state index contributed by atoms with van der Waals surface area (Å²) in [4.78, 5) is 72.9. The van der Waals surface area contributed by atoms with Gasteiger partial charge in [-0.25, -0.2) is 9.13 Å². The zero-order chi connectivity index (χ0) is 77.8. The van der Waals surface area contributed by atoms with Gasteiger partial charge in [0.2, 0.25) is 0 Å². The van der Waals surface area contributed by atoms with E-state index in [1.54, 1.807) is 0 Å².